The van der Waals surface area contributed by atoms with Crippen molar-refractivity contribution in [2.24, 2.45) is 5.92 Å². The summed E-state index contributed by atoms with van der Waals surface area (Å²) in [5.41, 5.74) is -0.215. The molecule has 1 saturated heterocycles. The van der Waals surface area contributed by atoms with Gasteiger partial charge >= 0.3 is 0 Å². The van der Waals surface area contributed by atoms with Crippen LogP contribution in [-0.2, 0) is 4.74 Å². The van der Waals surface area contributed by atoms with Gasteiger partial charge in [0, 0.05) is 31.9 Å². The summed E-state index contributed by atoms with van der Waals surface area (Å²) in [7, 11) is 0. The van der Waals surface area contributed by atoms with Crippen LogP contribution in [-0.4, -0.2) is 25.7 Å². The van der Waals surface area contributed by atoms with Gasteiger partial charge < -0.3 is 14.5 Å². The number of hydrogen-bond acceptors (Lipinski definition) is 4. The third-order valence-corrected chi connectivity index (χ3v) is 2.98. The van der Waals surface area contributed by atoms with Crippen molar-refractivity contribution >= 4 is 5.91 Å². The molecular formula is C13H17NO4. The normalized spacial score (nSPS) is 18.8. The van der Waals surface area contributed by atoms with E-state index in [9.17, 15) is 9.59 Å². The fourth-order valence-corrected chi connectivity index (χ4v) is 2.00. The Hall–Kier alpha value is -1.62. The van der Waals surface area contributed by atoms with Crippen LogP contribution in [0.25, 0.3) is 0 Å². The monoisotopic (exact) mass is 251 g/mol. The van der Waals surface area contributed by atoms with Crippen molar-refractivity contribution in [3.63, 3.8) is 0 Å². The van der Waals surface area contributed by atoms with Crippen LogP contribution in [0, 0.1) is 12.8 Å². The molecule has 5 nitrogen and oxygen atoms in total. The lowest BCUT2D eigenvalue weighted by atomic mass is 10.1. The molecule has 1 N–H and O–H groups in total. The Labute approximate surface area is 105 Å². The van der Waals surface area contributed by atoms with E-state index in [1.54, 1.807) is 6.92 Å². The molecular weight excluding hydrogens is 234 g/mol. The number of ether oxygens (including phenoxy) is 1. The number of amides is 1. The van der Waals surface area contributed by atoms with E-state index in [1.165, 1.54) is 12.1 Å². The van der Waals surface area contributed by atoms with E-state index in [-0.39, 0.29) is 17.1 Å². The number of carbonyl (C=O) groups excluding carboxylic acids is 1. The highest BCUT2D eigenvalue weighted by molar-refractivity contribution is 5.91. The summed E-state index contributed by atoms with van der Waals surface area (Å²) in [4.78, 5) is 23.0. The van der Waals surface area contributed by atoms with Crippen molar-refractivity contribution in [2.45, 2.75) is 19.8 Å². The largest absolute Gasteiger partial charge is 0.456 e. The van der Waals surface area contributed by atoms with Gasteiger partial charge in [-0.15, -0.1) is 0 Å². The summed E-state index contributed by atoms with van der Waals surface area (Å²) in [6.07, 6.45) is 1.94. The second-order valence-electron chi connectivity index (χ2n) is 4.54. The molecule has 0 radical (unpaired) electrons. The number of aryl methyl sites for hydroxylation is 1. The van der Waals surface area contributed by atoms with Gasteiger partial charge in [-0.05, 0) is 25.7 Å². The van der Waals surface area contributed by atoms with Crippen molar-refractivity contribution in [3.05, 3.63) is 33.9 Å². The average Bonchev–Trinajstić information content (AvgIpc) is 2.80. The molecule has 1 aliphatic rings. The molecule has 1 unspecified atom stereocenters. The first kappa shape index (κ1) is 12.8. The molecule has 0 aliphatic carbocycles. The van der Waals surface area contributed by atoms with Crippen LogP contribution in [0.5, 0.6) is 0 Å². The zero-order valence-electron chi connectivity index (χ0n) is 10.4. The second-order valence-corrected chi connectivity index (χ2v) is 4.54. The minimum atomic E-state index is -0.338. The zero-order chi connectivity index (χ0) is 13.0. The Kier molecular flexibility index (Phi) is 4.15. The maximum absolute atomic E-state index is 11.7. The van der Waals surface area contributed by atoms with Gasteiger partial charge in [-0.2, -0.15) is 0 Å². The Morgan fingerprint density at radius 1 is 1.50 bits per heavy atom. The van der Waals surface area contributed by atoms with Crippen molar-refractivity contribution < 1.29 is 13.9 Å². The summed E-state index contributed by atoms with van der Waals surface area (Å²) < 4.78 is 10.5. The van der Waals surface area contributed by atoms with E-state index < -0.39 is 0 Å². The van der Waals surface area contributed by atoms with Gasteiger partial charge in [0.05, 0.1) is 0 Å². The van der Waals surface area contributed by atoms with Gasteiger partial charge in [0.25, 0.3) is 5.91 Å². The van der Waals surface area contributed by atoms with Crippen LogP contribution in [0.4, 0.5) is 0 Å². The van der Waals surface area contributed by atoms with Crippen LogP contribution in [0.3, 0.4) is 0 Å². The number of nitrogens with one attached hydrogen (secondary N) is 1. The Balaban J connectivity index is 1.85. The minimum Gasteiger partial charge on any atom is -0.456 e. The number of hydrogen-bond donors (Lipinski definition) is 1. The van der Waals surface area contributed by atoms with E-state index in [2.05, 4.69) is 5.32 Å². The summed E-state index contributed by atoms with van der Waals surface area (Å²) in [5.74, 6) is 0.698. The standard InChI is InChI=1S/C13H17NO4/c1-9-6-11(15)7-12(18-9)13(16)14-4-2-10-3-5-17-8-10/h6-7,10H,2-5,8H2,1H3,(H,14,16). The SMILES string of the molecule is Cc1cc(=O)cc(C(=O)NCCC2CCOC2)o1. The molecule has 18 heavy (non-hydrogen) atoms. The molecule has 0 saturated carbocycles. The van der Waals surface area contributed by atoms with E-state index in [1.807, 2.05) is 0 Å². The van der Waals surface area contributed by atoms with Gasteiger partial charge in [0.1, 0.15) is 5.76 Å². The quantitative estimate of drug-likeness (QED) is 0.870. The highest BCUT2D eigenvalue weighted by Gasteiger charge is 2.16. The molecule has 0 aromatic carbocycles. The molecule has 1 amide bonds. The highest BCUT2D eigenvalue weighted by Crippen LogP contribution is 2.15. The van der Waals surface area contributed by atoms with Gasteiger partial charge in [-0.3, -0.25) is 9.59 Å². The average molecular weight is 251 g/mol. The predicted octanol–water partition coefficient (Wildman–Crippen LogP) is 1.10. The lowest BCUT2D eigenvalue weighted by Crippen LogP contribution is -2.27. The summed E-state index contributed by atoms with van der Waals surface area (Å²) in [6.45, 7) is 3.80. The van der Waals surface area contributed by atoms with Crippen LogP contribution < -0.4 is 10.7 Å². The lowest BCUT2D eigenvalue weighted by molar-refractivity contribution is 0.0918. The molecule has 1 fully saturated rings. The van der Waals surface area contributed by atoms with Crippen molar-refractivity contribution in [1.29, 1.82) is 0 Å². The Morgan fingerprint density at radius 2 is 2.33 bits per heavy atom. The number of carbonyl (C=O) groups is 1. The Bertz CT molecular complexity index is 474. The lowest BCUT2D eigenvalue weighted by Gasteiger charge is -2.08. The van der Waals surface area contributed by atoms with Crippen LogP contribution in [0.15, 0.2) is 21.3 Å². The van der Waals surface area contributed by atoms with E-state index in [0.29, 0.717) is 18.2 Å². The van der Waals surface area contributed by atoms with E-state index >= 15 is 0 Å². The third-order valence-electron chi connectivity index (χ3n) is 2.98. The maximum atomic E-state index is 11.7. The predicted molar refractivity (Wildman–Crippen MR) is 65.6 cm³/mol. The van der Waals surface area contributed by atoms with Gasteiger partial charge in [-0.1, -0.05) is 0 Å². The highest BCUT2D eigenvalue weighted by atomic mass is 16.5. The van der Waals surface area contributed by atoms with Crippen molar-refractivity contribution in [2.75, 3.05) is 19.8 Å². The summed E-state index contributed by atoms with van der Waals surface area (Å²) in [6, 6.07) is 2.56. The molecule has 98 valence electrons. The molecule has 1 aromatic heterocycles. The molecule has 2 heterocycles. The van der Waals surface area contributed by atoms with Gasteiger partial charge in [0.2, 0.25) is 0 Å². The molecule has 5 heteroatoms. The molecule has 1 aliphatic heterocycles. The van der Waals surface area contributed by atoms with E-state index in [0.717, 1.165) is 26.1 Å². The third kappa shape index (κ3) is 3.43. The van der Waals surface area contributed by atoms with Gasteiger partial charge in [-0.25, -0.2) is 0 Å². The van der Waals surface area contributed by atoms with Gasteiger partial charge in [0.15, 0.2) is 11.2 Å². The molecule has 1 atom stereocenters. The van der Waals surface area contributed by atoms with Crippen LogP contribution in [0.1, 0.15) is 29.2 Å². The van der Waals surface area contributed by atoms with E-state index in [4.69, 9.17) is 9.15 Å². The second kappa shape index (κ2) is 5.82. The first-order valence-corrected chi connectivity index (χ1v) is 6.13. The zero-order valence-corrected chi connectivity index (χ0v) is 10.4. The maximum Gasteiger partial charge on any atom is 0.287 e. The number of rotatable bonds is 4. The fraction of sp³-hybridized carbons (Fsp3) is 0.538. The van der Waals surface area contributed by atoms with Crippen LogP contribution >= 0.6 is 0 Å². The first-order valence-electron chi connectivity index (χ1n) is 6.13. The first-order chi connectivity index (χ1) is 8.65. The molecule has 0 spiro atoms. The minimum absolute atomic E-state index is 0.0719. The topological polar surface area (TPSA) is 68.5 Å². The fourth-order valence-electron chi connectivity index (χ4n) is 2.00. The van der Waals surface area contributed by atoms with Crippen molar-refractivity contribution in [1.82, 2.24) is 5.32 Å². The van der Waals surface area contributed by atoms with Crippen LogP contribution in [0.2, 0.25) is 0 Å². The molecule has 1 aromatic rings. The van der Waals surface area contributed by atoms with Crippen molar-refractivity contribution in [3.8, 4) is 0 Å². The molecule has 0 bridgehead atoms. The molecule has 2 rings (SSSR count). The summed E-state index contributed by atoms with van der Waals surface area (Å²) >= 11 is 0. The summed E-state index contributed by atoms with van der Waals surface area (Å²) in [5, 5.41) is 2.75. The Morgan fingerprint density at radius 3 is 3.00 bits per heavy atom. The smallest absolute Gasteiger partial charge is 0.287 e.